The van der Waals surface area contributed by atoms with Crippen molar-refractivity contribution >= 4 is 27.9 Å². The molecule has 1 heterocycles. The Kier molecular flexibility index (Phi) is 7.28. The first-order valence-corrected chi connectivity index (χ1v) is 11.0. The second-order valence-electron chi connectivity index (χ2n) is 6.49. The molecule has 0 fully saturated rings. The first-order chi connectivity index (χ1) is 15.0. The van der Waals surface area contributed by atoms with Gasteiger partial charge in [0.1, 0.15) is 17.2 Å². The second kappa shape index (κ2) is 10.1. The van der Waals surface area contributed by atoms with Gasteiger partial charge in [-0.1, -0.05) is 24.3 Å². The molecule has 1 N–H and O–H groups in total. The van der Waals surface area contributed by atoms with E-state index in [4.69, 9.17) is 9.47 Å². The van der Waals surface area contributed by atoms with Crippen LogP contribution in [0.1, 0.15) is 11.1 Å². The van der Waals surface area contributed by atoms with Crippen LogP contribution < -0.4 is 13.8 Å². The maximum atomic E-state index is 13.5. The van der Waals surface area contributed by atoms with Gasteiger partial charge in [0.15, 0.2) is 0 Å². The number of benzene rings is 2. The third-order valence-electron chi connectivity index (χ3n) is 4.61. The Hall–Kier alpha value is -3.36. The van der Waals surface area contributed by atoms with Crippen molar-refractivity contribution in [3.63, 3.8) is 0 Å². The lowest BCUT2D eigenvalue weighted by Crippen LogP contribution is -2.34. The zero-order valence-corrected chi connectivity index (χ0v) is 18.1. The van der Waals surface area contributed by atoms with Gasteiger partial charge in [0.2, 0.25) is 0 Å². The van der Waals surface area contributed by atoms with E-state index in [1.165, 1.54) is 30.7 Å². The Labute approximate surface area is 182 Å². The van der Waals surface area contributed by atoms with Crippen molar-refractivity contribution in [3.8, 4) is 11.5 Å². The molecule has 0 aliphatic heterocycles. The summed E-state index contributed by atoms with van der Waals surface area (Å²) < 4.78 is 38.8. The minimum Gasteiger partial charge on any atom is -0.497 e. The number of sulfonamides is 1. The van der Waals surface area contributed by atoms with Gasteiger partial charge in [-0.3, -0.25) is 9.29 Å². The van der Waals surface area contributed by atoms with Gasteiger partial charge in [-0.2, -0.15) is 0 Å². The Bertz CT molecular complexity index is 1130. The molecule has 0 saturated heterocycles. The standard InChI is InChI=1S/C23H24N2O5S/c1-29-20-8-10-21(11-9-20)31(27,28)25(16-17-26)23-19(4-3-5-22(23)30-2)7-6-18-12-14-24-15-13-18/h3-15,26H,16-17H2,1-2H3. The molecular formula is C23H24N2O5S. The summed E-state index contributed by atoms with van der Waals surface area (Å²) in [6.45, 7) is -0.494. The van der Waals surface area contributed by atoms with Crippen LogP contribution in [0.25, 0.3) is 12.2 Å². The first kappa shape index (κ1) is 22.3. The fraction of sp³-hybridized carbons (Fsp3) is 0.174. The van der Waals surface area contributed by atoms with Gasteiger partial charge in [0, 0.05) is 18.0 Å². The highest BCUT2D eigenvalue weighted by atomic mass is 32.2. The first-order valence-electron chi connectivity index (χ1n) is 9.54. The van der Waals surface area contributed by atoms with E-state index in [-0.39, 0.29) is 18.0 Å². The predicted octanol–water partition coefficient (Wildman–Crippen LogP) is 3.46. The number of nitrogens with zero attached hydrogens (tertiary/aromatic N) is 2. The molecule has 0 aliphatic rings. The molecule has 0 aliphatic carbocycles. The molecular weight excluding hydrogens is 416 g/mol. The number of hydrogen-bond acceptors (Lipinski definition) is 6. The van der Waals surface area contributed by atoms with Crippen LogP contribution in [0, 0.1) is 0 Å². The minimum absolute atomic E-state index is 0.0803. The fourth-order valence-electron chi connectivity index (χ4n) is 3.08. The van der Waals surface area contributed by atoms with Crippen LogP contribution in [0.5, 0.6) is 11.5 Å². The van der Waals surface area contributed by atoms with E-state index >= 15 is 0 Å². The Balaban J connectivity index is 2.12. The van der Waals surface area contributed by atoms with Crippen molar-refractivity contribution in [2.24, 2.45) is 0 Å². The molecule has 0 amide bonds. The lowest BCUT2D eigenvalue weighted by Gasteiger charge is -2.27. The highest BCUT2D eigenvalue weighted by Crippen LogP contribution is 2.37. The maximum absolute atomic E-state index is 13.5. The number of methoxy groups -OCH3 is 2. The summed E-state index contributed by atoms with van der Waals surface area (Å²) >= 11 is 0. The molecule has 0 radical (unpaired) electrons. The summed E-state index contributed by atoms with van der Waals surface area (Å²) in [6, 6.07) is 15.1. The van der Waals surface area contributed by atoms with Crippen LogP contribution in [0.2, 0.25) is 0 Å². The summed E-state index contributed by atoms with van der Waals surface area (Å²) in [6.07, 6.45) is 7.02. The van der Waals surface area contributed by atoms with E-state index in [1.807, 2.05) is 18.2 Å². The third kappa shape index (κ3) is 5.04. The van der Waals surface area contributed by atoms with Crippen LogP contribution >= 0.6 is 0 Å². The summed E-state index contributed by atoms with van der Waals surface area (Å²) in [5.41, 5.74) is 1.89. The van der Waals surface area contributed by atoms with Gasteiger partial charge < -0.3 is 14.6 Å². The molecule has 31 heavy (non-hydrogen) atoms. The molecule has 0 bridgehead atoms. The highest BCUT2D eigenvalue weighted by molar-refractivity contribution is 7.92. The van der Waals surface area contributed by atoms with E-state index < -0.39 is 10.0 Å². The zero-order chi connectivity index (χ0) is 22.3. The number of anilines is 1. The number of aliphatic hydroxyl groups excluding tert-OH is 1. The van der Waals surface area contributed by atoms with Gasteiger partial charge in [-0.15, -0.1) is 0 Å². The lowest BCUT2D eigenvalue weighted by atomic mass is 10.1. The topological polar surface area (TPSA) is 89.0 Å². The number of pyridine rings is 1. The van der Waals surface area contributed by atoms with Crippen molar-refractivity contribution in [2.75, 3.05) is 31.7 Å². The smallest absolute Gasteiger partial charge is 0.264 e. The Morgan fingerprint density at radius 3 is 2.29 bits per heavy atom. The SMILES string of the molecule is COc1ccc(S(=O)(=O)N(CCO)c2c(C=Cc3ccncc3)cccc2OC)cc1. The Morgan fingerprint density at radius 2 is 1.68 bits per heavy atom. The number of aromatic nitrogens is 1. The monoisotopic (exact) mass is 440 g/mol. The van der Waals surface area contributed by atoms with Crippen molar-refractivity contribution in [1.29, 1.82) is 0 Å². The van der Waals surface area contributed by atoms with Gasteiger partial charge in [0.25, 0.3) is 10.0 Å². The van der Waals surface area contributed by atoms with Gasteiger partial charge in [-0.25, -0.2) is 8.42 Å². The van der Waals surface area contributed by atoms with Gasteiger partial charge in [-0.05, 0) is 48.0 Å². The van der Waals surface area contributed by atoms with E-state index in [0.29, 0.717) is 22.7 Å². The molecule has 8 heteroatoms. The van der Waals surface area contributed by atoms with Crippen molar-refractivity contribution in [2.45, 2.75) is 4.90 Å². The van der Waals surface area contributed by atoms with Gasteiger partial charge >= 0.3 is 0 Å². The highest BCUT2D eigenvalue weighted by Gasteiger charge is 2.28. The van der Waals surface area contributed by atoms with E-state index in [0.717, 1.165) is 5.56 Å². The molecule has 0 unspecified atom stereocenters. The number of hydrogen-bond donors (Lipinski definition) is 1. The number of para-hydroxylation sites is 1. The van der Waals surface area contributed by atoms with Gasteiger partial charge in [0.05, 0.1) is 32.3 Å². The fourth-order valence-corrected chi connectivity index (χ4v) is 4.58. The molecule has 0 saturated carbocycles. The van der Waals surface area contributed by atoms with Crippen molar-refractivity contribution in [3.05, 3.63) is 78.1 Å². The van der Waals surface area contributed by atoms with Crippen molar-refractivity contribution in [1.82, 2.24) is 4.98 Å². The van der Waals surface area contributed by atoms with Crippen LogP contribution in [-0.2, 0) is 10.0 Å². The number of aliphatic hydroxyl groups is 1. The maximum Gasteiger partial charge on any atom is 0.264 e. The average molecular weight is 441 g/mol. The van der Waals surface area contributed by atoms with E-state index in [9.17, 15) is 13.5 Å². The number of ether oxygens (including phenoxy) is 2. The minimum atomic E-state index is -3.99. The summed E-state index contributed by atoms with van der Waals surface area (Å²) in [7, 11) is -0.995. The third-order valence-corrected chi connectivity index (χ3v) is 6.42. The van der Waals surface area contributed by atoms with E-state index in [2.05, 4.69) is 4.98 Å². The predicted molar refractivity (Wildman–Crippen MR) is 121 cm³/mol. The molecule has 1 aromatic heterocycles. The second-order valence-corrected chi connectivity index (χ2v) is 8.35. The lowest BCUT2D eigenvalue weighted by molar-refractivity contribution is 0.306. The molecule has 3 rings (SSSR count). The molecule has 3 aromatic rings. The molecule has 162 valence electrons. The Morgan fingerprint density at radius 1 is 0.968 bits per heavy atom. The van der Waals surface area contributed by atoms with Crippen molar-refractivity contribution < 1.29 is 23.0 Å². The quantitative estimate of drug-likeness (QED) is 0.548. The molecule has 2 aromatic carbocycles. The summed E-state index contributed by atoms with van der Waals surface area (Å²) in [5, 5.41) is 9.66. The molecule has 7 nitrogen and oxygen atoms in total. The van der Waals surface area contributed by atoms with Crippen LogP contribution in [0.3, 0.4) is 0 Å². The number of rotatable bonds is 9. The average Bonchev–Trinajstić information content (AvgIpc) is 2.81. The largest absolute Gasteiger partial charge is 0.497 e. The van der Waals surface area contributed by atoms with E-state index in [1.54, 1.807) is 48.8 Å². The summed E-state index contributed by atoms with van der Waals surface area (Å²) in [4.78, 5) is 4.08. The summed E-state index contributed by atoms with van der Waals surface area (Å²) in [5.74, 6) is 0.924. The molecule has 0 spiro atoms. The van der Waals surface area contributed by atoms with Crippen LogP contribution in [0.15, 0.2) is 71.9 Å². The van der Waals surface area contributed by atoms with Crippen LogP contribution in [0.4, 0.5) is 5.69 Å². The van der Waals surface area contributed by atoms with Crippen LogP contribution in [-0.4, -0.2) is 45.9 Å². The normalized spacial score (nSPS) is 11.5. The zero-order valence-electron chi connectivity index (χ0n) is 17.3. The molecule has 0 atom stereocenters.